The van der Waals surface area contributed by atoms with Gasteiger partial charge in [-0.05, 0) is 36.5 Å². The molecule has 6 atom stereocenters. The number of fused-ring (bicyclic) bond motifs is 1. The summed E-state index contributed by atoms with van der Waals surface area (Å²) in [6, 6.07) is 0. The van der Waals surface area contributed by atoms with Gasteiger partial charge in [-0.15, -0.1) is 0 Å². The lowest BCUT2D eigenvalue weighted by Gasteiger charge is -2.56. The van der Waals surface area contributed by atoms with E-state index in [4.69, 9.17) is 0 Å². The first-order valence-corrected chi connectivity index (χ1v) is 5.75. The second-order valence-corrected chi connectivity index (χ2v) is 5.17. The Hall–Kier alpha value is -1.32. The highest BCUT2D eigenvalue weighted by atomic mass is 16.4. The van der Waals surface area contributed by atoms with E-state index in [1.807, 2.05) is 12.2 Å². The minimum Gasteiger partial charge on any atom is -0.481 e. The minimum absolute atomic E-state index is 0.0534. The maximum Gasteiger partial charge on any atom is 0.308 e. The third kappa shape index (κ3) is 1.05. The second kappa shape index (κ2) is 3.09. The van der Waals surface area contributed by atoms with Gasteiger partial charge in [0.2, 0.25) is 0 Å². The van der Waals surface area contributed by atoms with E-state index in [1.165, 1.54) is 0 Å². The van der Waals surface area contributed by atoms with Crippen molar-refractivity contribution in [1.82, 2.24) is 0 Å². The number of carbonyl (C=O) groups is 2. The van der Waals surface area contributed by atoms with Gasteiger partial charge in [0.1, 0.15) is 0 Å². The number of hydrogen-bond acceptors (Lipinski definition) is 2. The van der Waals surface area contributed by atoms with Crippen molar-refractivity contribution in [3.8, 4) is 0 Å². The predicted octanol–water partition coefficient (Wildman–Crippen LogP) is 1.23. The predicted molar refractivity (Wildman–Crippen MR) is 54.6 cm³/mol. The first kappa shape index (κ1) is 9.87. The van der Waals surface area contributed by atoms with Gasteiger partial charge >= 0.3 is 11.9 Å². The van der Waals surface area contributed by atoms with Crippen LogP contribution in [-0.2, 0) is 9.59 Å². The molecule has 0 heterocycles. The zero-order valence-corrected chi connectivity index (χ0v) is 8.74. The molecule has 0 unspecified atom stereocenters. The molecule has 2 fully saturated rings. The van der Waals surface area contributed by atoms with Crippen LogP contribution < -0.4 is 0 Å². The van der Waals surface area contributed by atoms with Crippen LogP contribution in [0.4, 0.5) is 0 Å². The van der Waals surface area contributed by atoms with Crippen LogP contribution in [0.15, 0.2) is 12.2 Å². The molecule has 4 rings (SSSR count). The van der Waals surface area contributed by atoms with Crippen LogP contribution in [-0.4, -0.2) is 22.2 Å². The van der Waals surface area contributed by atoms with Gasteiger partial charge in [-0.3, -0.25) is 9.59 Å². The maximum atomic E-state index is 11.2. The van der Waals surface area contributed by atoms with Crippen molar-refractivity contribution in [3.05, 3.63) is 12.2 Å². The van der Waals surface area contributed by atoms with Crippen molar-refractivity contribution in [2.45, 2.75) is 12.8 Å². The van der Waals surface area contributed by atoms with Crippen LogP contribution in [0.25, 0.3) is 0 Å². The van der Waals surface area contributed by atoms with E-state index in [9.17, 15) is 19.8 Å². The highest BCUT2D eigenvalue weighted by molar-refractivity contribution is 5.82. The zero-order chi connectivity index (χ0) is 11.4. The molecule has 0 radical (unpaired) electrons. The summed E-state index contributed by atoms with van der Waals surface area (Å²) in [5, 5.41) is 18.4. The Morgan fingerprint density at radius 1 is 0.875 bits per heavy atom. The second-order valence-electron chi connectivity index (χ2n) is 5.17. The Balaban J connectivity index is 2.02. The minimum atomic E-state index is -0.947. The number of carboxylic acids is 2. The summed E-state index contributed by atoms with van der Waals surface area (Å²) >= 11 is 0. The quantitative estimate of drug-likeness (QED) is 0.689. The lowest BCUT2D eigenvalue weighted by Crippen LogP contribution is -2.56. The summed E-state index contributed by atoms with van der Waals surface area (Å²) in [5.41, 5.74) is 0. The molecule has 2 saturated carbocycles. The Bertz CT molecular complexity index is 350. The lowest BCUT2D eigenvalue weighted by atomic mass is 9.46. The summed E-state index contributed by atoms with van der Waals surface area (Å²) in [6.07, 6.45) is 6.02. The number of aliphatic carboxylic acids is 2. The first-order valence-electron chi connectivity index (χ1n) is 5.75. The molecular formula is C12H14O4. The van der Waals surface area contributed by atoms with Crippen molar-refractivity contribution in [1.29, 1.82) is 0 Å². The molecule has 2 N–H and O–H groups in total. The van der Waals surface area contributed by atoms with Gasteiger partial charge in [-0.25, -0.2) is 0 Å². The summed E-state index contributed by atoms with van der Waals surface area (Å²) in [5.74, 6) is -2.58. The van der Waals surface area contributed by atoms with Gasteiger partial charge in [0.25, 0.3) is 0 Å². The van der Waals surface area contributed by atoms with Gasteiger partial charge in [-0.1, -0.05) is 12.2 Å². The molecule has 0 amide bonds. The fourth-order valence-corrected chi connectivity index (χ4v) is 3.94. The zero-order valence-electron chi connectivity index (χ0n) is 8.74. The molecule has 0 spiro atoms. The topological polar surface area (TPSA) is 74.6 Å². The van der Waals surface area contributed by atoms with Crippen molar-refractivity contribution in [2.75, 3.05) is 0 Å². The molecule has 0 aromatic rings. The standard InChI is InChI=1S/C12H14O4/c13-11(14)9-7-3-4-8(10(9)12(15)16)6-2-1-5(6)7/h3-10H,1-2H2,(H,13,14)(H,15,16)/t5-,6+,7-,8-,9+,10-/m0/s1. The van der Waals surface area contributed by atoms with Crippen LogP contribution in [0, 0.1) is 35.5 Å². The Morgan fingerprint density at radius 3 is 1.50 bits per heavy atom. The van der Waals surface area contributed by atoms with E-state index in [0.717, 1.165) is 12.8 Å². The van der Waals surface area contributed by atoms with Crippen LogP contribution in [0.2, 0.25) is 0 Å². The van der Waals surface area contributed by atoms with E-state index in [0.29, 0.717) is 11.8 Å². The smallest absolute Gasteiger partial charge is 0.308 e. The fourth-order valence-electron chi connectivity index (χ4n) is 3.94. The van der Waals surface area contributed by atoms with Gasteiger partial charge in [0.05, 0.1) is 11.8 Å². The fraction of sp³-hybridized carbons (Fsp3) is 0.667. The lowest BCUT2D eigenvalue weighted by molar-refractivity contribution is -0.170. The van der Waals surface area contributed by atoms with E-state index in [-0.39, 0.29) is 11.8 Å². The number of hydrogen-bond donors (Lipinski definition) is 2. The summed E-state index contributed by atoms with van der Waals surface area (Å²) in [6.45, 7) is 0. The first-order chi connectivity index (χ1) is 7.61. The average Bonchev–Trinajstić information content (AvgIpc) is 2.15. The molecule has 0 aromatic carbocycles. The summed E-state index contributed by atoms with van der Waals surface area (Å²) in [4.78, 5) is 22.5. The van der Waals surface area contributed by atoms with Crippen molar-refractivity contribution < 1.29 is 19.8 Å². The van der Waals surface area contributed by atoms with Crippen molar-refractivity contribution >= 4 is 11.9 Å². The highest BCUT2D eigenvalue weighted by Gasteiger charge is 2.59. The Morgan fingerprint density at radius 2 is 1.25 bits per heavy atom. The average molecular weight is 222 g/mol. The van der Waals surface area contributed by atoms with Crippen LogP contribution in [0.3, 0.4) is 0 Å². The molecule has 0 aromatic heterocycles. The SMILES string of the molecule is O=C(O)[C@@H]1[C@H]2C=C[C@@H]([C@@H]3CC[C@H]23)[C@@H]1C(=O)O. The molecule has 4 heteroatoms. The molecule has 16 heavy (non-hydrogen) atoms. The molecule has 4 aliphatic rings. The van der Waals surface area contributed by atoms with E-state index >= 15 is 0 Å². The van der Waals surface area contributed by atoms with E-state index < -0.39 is 23.8 Å². The van der Waals surface area contributed by atoms with Gasteiger partial charge < -0.3 is 10.2 Å². The third-order valence-electron chi connectivity index (χ3n) is 4.71. The molecular weight excluding hydrogens is 208 g/mol. The van der Waals surface area contributed by atoms with Crippen LogP contribution in [0.1, 0.15) is 12.8 Å². The van der Waals surface area contributed by atoms with Crippen molar-refractivity contribution in [3.63, 3.8) is 0 Å². The molecule has 2 bridgehead atoms. The number of carboxylic acid groups (broad SMARTS) is 2. The molecule has 4 aliphatic carbocycles. The Kier molecular flexibility index (Phi) is 1.91. The van der Waals surface area contributed by atoms with E-state index in [2.05, 4.69) is 0 Å². The normalized spacial score (nSPS) is 48.2. The van der Waals surface area contributed by atoms with E-state index in [1.54, 1.807) is 0 Å². The highest BCUT2D eigenvalue weighted by Crippen LogP contribution is 2.59. The largest absolute Gasteiger partial charge is 0.481 e. The van der Waals surface area contributed by atoms with Crippen LogP contribution >= 0.6 is 0 Å². The molecule has 4 nitrogen and oxygen atoms in total. The number of allylic oxidation sites excluding steroid dienone is 2. The monoisotopic (exact) mass is 222 g/mol. The van der Waals surface area contributed by atoms with Crippen molar-refractivity contribution in [2.24, 2.45) is 35.5 Å². The molecule has 0 saturated heterocycles. The molecule has 86 valence electrons. The van der Waals surface area contributed by atoms with Crippen LogP contribution in [0.5, 0.6) is 0 Å². The molecule has 0 aliphatic heterocycles. The summed E-state index contributed by atoms with van der Waals surface area (Å²) in [7, 11) is 0. The van der Waals surface area contributed by atoms with Gasteiger partial charge in [-0.2, -0.15) is 0 Å². The van der Waals surface area contributed by atoms with Gasteiger partial charge in [0, 0.05) is 0 Å². The van der Waals surface area contributed by atoms with Gasteiger partial charge in [0.15, 0.2) is 0 Å². The number of rotatable bonds is 2. The maximum absolute atomic E-state index is 11.2. The third-order valence-corrected chi connectivity index (χ3v) is 4.71. The Labute approximate surface area is 93.0 Å². The summed E-state index contributed by atoms with van der Waals surface area (Å²) < 4.78 is 0.